The lowest BCUT2D eigenvalue weighted by Gasteiger charge is -2.36. The maximum atomic E-state index is 12.3. The number of nitrogens with one attached hydrogen (secondary N) is 1. The van der Waals surface area contributed by atoms with Gasteiger partial charge in [-0.15, -0.1) is 11.3 Å². The van der Waals surface area contributed by atoms with Crippen molar-refractivity contribution in [2.24, 2.45) is 0 Å². The van der Waals surface area contributed by atoms with Crippen molar-refractivity contribution in [2.75, 3.05) is 6.54 Å². The van der Waals surface area contributed by atoms with E-state index in [0.717, 1.165) is 25.8 Å². The van der Waals surface area contributed by atoms with Crippen LogP contribution in [0.2, 0.25) is 0 Å². The Balaban J connectivity index is 2.12. The maximum absolute atomic E-state index is 12.3. The first-order valence-corrected chi connectivity index (χ1v) is 7.68. The molecule has 2 unspecified atom stereocenters. The van der Waals surface area contributed by atoms with Gasteiger partial charge in [-0.1, -0.05) is 13.8 Å². The Kier molecular flexibility index (Phi) is 4.27. The Labute approximate surface area is 113 Å². The molecule has 0 aromatic carbocycles. The summed E-state index contributed by atoms with van der Waals surface area (Å²) in [6.07, 6.45) is 2.95. The summed E-state index contributed by atoms with van der Waals surface area (Å²) in [5.41, 5.74) is 1.35. The molecule has 3 nitrogen and oxygen atoms in total. The van der Waals surface area contributed by atoms with Crippen molar-refractivity contribution in [3.63, 3.8) is 0 Å². The molecule has 2 amide bonds. The van der Waals surface area contributed by atoms with Crippen molar-refractivity contribution in [3.05, 3.63) is 21.9 Å². The van der Waals surface area contributed by atoms with E-state index < -0.39 is 0 Å². The van der Waals surface area contributed by atoms with E-state index in [1.165, 1.54) is 10.4 Å². The minimum absolute atomic E-state index is 0.0908. The van der Waals surface area contributed by atoms with Gasteiger partial charge in [0.2, 0.25) is 0 Å². The Morgan fingerprint density at radius 3 is 3.06 bits per heavy atom. The fourth-order valence-electron chi connectivity index (χ4n) is 2.48. The average Bonchev–Trinajstić information content (AvgIpc) is 2.85. The molecular weight excluding hydrogens is 244 g/mol. The monoisotopic (exact) mass is 266 g/mol. The molecule has 0 saturated carbocycles. The second kappa shape index (κ2) is 5.74. The summed E-state index contributed by atoms with van der Waals surface area (Å²) in [6, 6.07) is 2.77. The SMILES string of the molecule is CCC(C)NC(=O)N1CCc2sccc2C1CC. The predicted octanol–water partition coefficient (Wildman–Crippen LogP) is 3.57. The molecule has 2 heterocycles. The van der Waals surface area contributed by atoms with Crippen LogP contribution in [0, 0.1) is 0 Å². The number of hydrogen-bond donors (Lipinski definition) is 1. The van der Waals surface area contributed by atoms with E-state index in [9.17, 15) is 4.79 Å². The molecule has 1 aliphatic heterocycles. The van der Waals surface area contributed by atoms with Crippen molar-refractivity contribution in [1.82, 2.24) is 10.2 Å². The number of thiophene rings is 1. The quantitative estimate of drug-likeness (QED) is 0.891. The van der Waals surface area contributed by atoms with E-state index in [-0.39, 0.29) is 18.1 Å². The summed E-state index contributed by atoms with van der Waals surface area (Å²) in [7, 11) is 0. The maximum Gasteiger partial charge on any atom is 0.318 e. The second-order valence-corrected chi connectivity index (χ2v) is 5.93. The average molecular weight is 266 g/mol. The van der Waals surface area contributed by atoms with Gasteiger partial charge >= 0.3 is 6.03 Å². The van der Waals surface area contributed by atoms with Crippen molar-refractivity contribution in [3.8, 4) is 0 Å². The van der Waals surface area contributed by atoms with Crippen LogP contribution in [0.15, 0.2) is 11.4 Å². The smallest absolute Gasteiger partial charge is 0.318 e. The van der Waals surface area contributed by atoms with Gasteiger partial charge in [0.1, 0.15) is 0 Å². The minimum atomic E-state index is 0.0908. The highest BCUT2D eigenvalue weighted by Crippen LogP contribution is 2.35. The van der Waals surface area contributed by atoms with Crippen LogP contribution in [-0.2, 0) is 6.42 Å². The van der Waals surface area contributed by atoms with Gasteiger partial charge in [0.05, 0.1) is 6.04 Å². The van der Waals surface area contributed by atoms with Crippen molar-refractivity contribution in [2.45, 2.75) is 52.1 Å². The molecule has 0 fully saturated rings. The van der Waals surface area contributed by atoms with Crippen molar-refractivity contribution in [1.29, 1.82) is 0 Å². The first-order valence-electron chi connectivity index (χ1n) is 6.80. The van der Waals surface area contributed by atoms with Gasteiger partial charge in [-0.3, -0.25) is 0 Å². The topological polar surface area (TPSA) is 32.3 Å². The molecular formula is C14H22N2OS. The van der Waals surface area contributed by atoms with Gasteiger partial charge in [0, 0.05) is 17.5 Å². The molecule has 4 heteroatoms. The fraction of sp³-hybridized carbons (Fsp3) is 0.643. The molecule has 1 N–H and O–H groups in total. The minimum Gasteiger partial charge on any atom is -0.336 e. The van der Waals surface area contributed by atoms with Crippen LogP contribution < -0.4 is 5.32 Å². The largest absolute Gasteiger partial charge is 0.336 e. The van der Waals surface area contributed by atoms with Gasteiger partial charge in [0.15, 0.2) is 0 Å². The molecule has 0 spiro atoms. The van der Waals surface area contributed by atoms with Crippen LogP contribution >= 0.6 is 11.3 Å². The number of carbonyl (C=O) groups excluding carboxylic acids is 1. The molecule has 0 aliphatic carbocycles. The molecule has 2 atom stereocenters. The Bertz CT molecular complexity index is 416. The standard InChI is InChI=1S/C14H22N2OS/c1-4-10(3)15-14(17)16-8-6-13-11(7-9-18-13)12(16)5-2/h7,9-10,12H,4-6,8H2,1-3H3,(H,15,17). The number of carbonyl (C=O) groups is 1. The summed E-state index contributed by atoms with van der Waals surface area (Å²) in [4.78, 5) is 15.7. The molecule has 0 saturated heterocycles. The first kappa shape index (κ1) is 13.4. The normalized spacial score (nSPS) is 20.4. The van der Waals surface area contributed by atoms with Crippen molar-refractivity contribution < 1.29 is 4.79 Å². The molecule has 2 rings (SSSR count). The highest BCUT2D eigenvalue weighted by Gasteiger charge is 2.30. The van der Waals surface area contributed by atoms with Crippen molar-refractivity contribution >= 4 is 17.4 Å². The highest BCUT2D eigenvalue weighted by atomic mass is 32.1. The molecule has 100 valence electrons. The van der Waals surface area contributed by atoms with E-state index >= 15 is 0 Å². The van der Waals surface area contributed by atoms with Crippen LogP contribution in [0.5, 0.6) is 0 Å². The summed E-state index contributed by atoms with van der Waals surface area (Å²) in [5.74, 6) is 0. The number of hydrogen-bond acceptors (Lipinski definition) is 2. The van der Waals surface area contributed by atoms with Crippen LogP contribution in [0.3, 0.4) is 0 Å². The molecule has 1 aromatic heterocycles. The fourth-order valence-corrected chi connectivity index (χ4v) is 3.40. The number of urea groups is 1. The van der Waals surface area contributed by atoms with Gasteiger partial charge in [-0.25, -0.2) is 4.79 Å². The summed E-state index contributed by atoms with van der Waals surface area (Å²) in [5, 5.41) is 5.22. The summed E-state index contributed by atoms with van der Waals surface area (Å²) >= 11 is 1.82. The third-order valence-electron chi connectivity index (χ3n) is 3.72. The number of fused-ring (bicyclic) bond motifs is 1. The van der Waals surface area contributed by atoms with E-state index in [0.29, 0.717) is 0 Å². The Morgan fingerprint density at radius 1 is 1.61 bits per heavy atom. The van der Waals surface area contributed by atoms with Gasteiger partial charge < -0.3 is 10.2 Å². The van der Waals surface area contributed by atoms with Crippen LogP contribution in [-0.4, -0.2) is 23.5 Å². The zero-order chi connectivity index (χ0) is 13.1. The summed E-state index contributed by atoms with van der Waals surface area (Å²) in [6.45, 7) is 7.14. The van der Waals surface area contributed by atoms with Crippen LogP contribution in [0.25, 0.3) is 0 Å². The lowest BCUT2D eigenvalue weighted by molar-refractivity contribution is 0.164. The molecule has 0 radical (unpaired) electrons. The van der Waals surface area contributed by atoms with Gasteiger partial charge in [0.25, 0.3) is 0 Å². The lowest BCUT2D eigenvalue weighted by Crippen LogP contribution is -2.47. The zero-order valence-electron chi connectivity index (χ0n) is 11.4. The predicted molar refractivity (Wildman–Crippen MR) is 76.0 cm³/mol. The molecule has 1 aromatic rings. The van der Waals surface area contributed by atoms with E-state index in [4.69, 9.17) is 0 Å². The van der Waals surface area contributed by atoms with Crippen LogP contribution in [0.4, 0.5) is 4.79 Å². The van der Waals surface area contributed by atoms with E-state index in [1.54, 1.807) is 0 Å². The number of rotatable bonds is 3. The number of nitrogens with zero attached hydrogens (tertiary/aromatic N) is 1. The third kappa shape index (κ3) is 2.53. The number of amides is 2. The Morgan fingerprint density at radius 2 is 2.39 bits per heavy atom. The molecule has 0 bridgehead atoms. The van der Waals surface area contributed by atoms with Crippen LogP contribution in [0.1, 0.15) is 50.1 Å². The highest BCUT2D eigenvalue weighted by molar-refractivity contribution is 7.10. The molecule has 18 heavy (non-hydrogen) atoms. The molecule has 1 aliphatic rings. The lowest BCUT2D eigenvalue weighted by atomic mass is 9.98. The Hall–Kier alpha value is -1.03. The zero-order valence-corrected chi connectivity index (χ0v) is 12.2. The summed E-state index contributed by atoms with van der Waals surface area (Å²) < 4.78 is 0. The van der Waals surface area contributed by atoms with Gasteiger partial charge in [-0.05, 0) is 43.2 Å². The first-order chi connectivity index (χ1) is 8.67. The second-order valence-electron chi connectivity index (χ2n) is 4.93. The van der Waals surface area contributed by atoms with Gasteiger partial charge in [-0.2, -0.15) is 0 Å². The van der Waals surface area contributed by atoms with E-state index in [2.05, 4.69) is 37.5 Å². The third-order valence-corrected chi connectivity index (χ3v) is 4.72. The van der Waals surface area contributed by atoms with E-state index in [1.807, 2.05) is 16.2 Å².